The van der Waals surface area contributed by atoms with E-state index in [1.54, 1.807) is 12.1 Å². The van der Waals surface area contributed by atoms with Crippen molar-refractivity contribution in [2.24, 2.45) is 0 Å². The lowest BCUT2D eigenvalue weighted by atomic mass is 10.1. The van der Waals surface area contributed by atoms with Crippen LogP contribution in [0.1, 0.15) is 28.4 Å². The van der Waals surface area contributed by atoms with Gasteiger partial charge in [-0.15, -0.1) is 10.2 Å². The Labute approximate surface area is 186 Å². The van der Waals surface area contributed by atoms with Crippen molar-refractivity contribution in [2.75, 3.05) is 23.3 Å². The first-order valence-electron chi connectivity index (χ1n) is 10.8. The smallest absolute Gasteiger partial charge is 0.255 e. The molecule has 4 aromatic rings. The predicted molar refractivity (Wildman–Crippen MR) is 126 cm³/mol. The molecule has 2 heterocycles. The number of hydrogen-bond donors (Lipinski definition) is 1. The molecule has 0 aliphatic carbocycles. The third kappa shape index (κ3) is 3.87. The molecule has 6 nitrogen and oxygen atoms in total. The van der Waals surface area contributed by atoms with E-state index in [4.69, 9.17) is 4.42 Å². The number of fused-ring (bicyclic) bond motifs is 1. The van der Waals surface area contributed by atoms with Gasteiger partial charge in [-0.2, -0.15) is 0 Å². The first-order chi connectivity index (χ1) is 15.6. The minimum atomic E-state index is -0.150. The van der Waals surface area contributed by atoms with Crippen LogP contribution in [-0.4, -0.2) is 29.2 Å². The molecular formula is C26H24N4O2. The minimum absolute atomic E-state index is 0.150. The van der Waals surface area contributed by atoms with Crippen molar-refractivity contribution in [1.29, 1.82) is 0 Å². The molecule has 0 radical (unpaired) electrons. The maximum atomic E-state index is 12.8. The van der Waals surface area contributed by atoms with E-state index < -0.39 is 0 Å². The van der Waals surface area contributed by atoms with E-state index in [2.05, 4.69) is 39.5 Å². The van der Waals surface area contributed by atoms with Crippen LogP contribution in [0.5, 0.6) is 0 Å². The second-order valence-corrected chi connectivity index (χ2v) is 7.99. The van der Waals surface area contributed by atoms with Crippen LogP contribution >= 0.6 is 0 Å². The summed E-state index contributed by atoms with van der Waals surface area (Å²) >= 11 is 0. The summed E-state index contributed by atoms with van der Waals surface area (Å²) in [5, 5.41) is 11.3. The Morgan fingerprint density at radius 1 is 1.00 bits per heavy atom. The Balaban J connectivity index is 1.31. The lowest BCUT2D eigenvalue weighted by Crippen LogP contribution is -2.19. The summed E-state index contributed by atoms with van der Waals surface area (Å²) < 4.78 is 5.84. The van der Waals surface area contributed by atoms with Gasteiger partial charge >= 0.3 is 0 Å². The van der Waals surface area contributed by atoms with E-state index in [-0.39, 0.29) is 5.91 Å². The molecule has 0 atom stereocenters. The molecule has 1 aromatic heterocycles. The lowest BCUT2D eigenvalue weighted by molar-refractivity contribution is 0.102. The average Bonchev–Trinajstić information content (AvgIpc) is 3.46. The van der Waals surface area contributed by atoms with Gasteiger partial charge in [0.05, 0.1) is 0 Å². The van der Waals surface area contributed by atoms with Gasteiger partial charge < -0.3 is 14.6 Å². The molecule has 0 unspecified atom stereocenters. The van der Waals surface area contributed by atoms with E-state index in [0.29, 0.717) is 17.3 Å². The standard InChI is InChI=1S/C26H24N4O2/c1-3-30-14-13-18-11-12-22(16-23(18)30)27-24(31)19-7-9-20(10-8-19)25-28-29-26(32-25)21-6-4-5-17(2)15-21/h4-12,15-16H,3,13-14H2,1-2H3,(H,27,31). The molecular weight excluding hydrogens is 400 g/mol. The Morgan fingerprint density at radius 2 is 1.78 bits per heavy atom. The van der Waals surface area contributed by atoms with Crippen molar-refractivity contribution in [1.82, 2.24) is 10.2 Å². The van der Waals surface area contributed by atoms with Crippen LogP contribution in [0.2, 0.25) is 0 Å². The summed E-state index contributed by atoms with van der Waals surface area (Å²) in [6, 6.07) is 21.2. The van der Waals surface area contributed by atoms with Crippen molar-refractivity contribution in [3.63, 3.8) is 0 Å². The Kier molecular flexibility index (Phi) is 5.19. The highest BCUT2D eigenvalue weighted by Gasteiger charge is 2.18. The predicted octanol–water partition coefficient (Wildman–Crippen LogP) is 5.35. The summed E-state index contributed by atoms with van der Waals surface area (Å²) in [5.74, 6) is 0.749. The van der Waals surface area contributed by atoms with E-state index in [9.17, 15) is 4.79 Å². The number of likely N-dealkylation sites (N-methyl/N-ethyl adjacent to an activating group) is 1. The zero-order valence-corrected chi connectivity index (χ0v) is 18.1. The van der Waals surface area contributed by atoms with Crippen LogP contribution in [0.3, 0.4) is 0 Å². The maximum absolute atomic E-state index is 12.8. The summed E-state index contributed by atoms with van der Waals surface area (Å²) in [7, 11) is 0. The average molecular weight is 425 g/mol. The molecule has 0 fully saturated rings. The van der Waals surface area contributed by atoms with Gasteiger partial charge in [0.15, 0.2) is 0 Å². The van der Waals surface area contributed by atoms with Crippen LogP contribution in [0.15, 0.2) is 71.1 Å². The molecule has 1 aliphatic heterocycles. The van der Waals surface area contributed by atoms with Crippen molar-refractivity contribution >= 4 is 17.3 Å². The number of anilines is 2. The number of nitrogens with zero attached hydrogens (tertiary/aromatic N) is 3. The zero-order valence-electron chi connectivity index (χ0n) is 18.1. The Morgan fingerprint density at radius 3 is 2.53 bits per heavy atom. The zero-order chi connectivity index (χ0) is 22.1. The van der Waals surface area contributed by atoms with Gasteiger partial charge in [0.1, 0.15) is 0 Å². The fraction of sp³-hybridized carbons (Fsp3) is 0.192. The van der Waals surface area contributed by atoms with E-state index >= 15 is 0 Å². The van der Waals surface area contributed by atoms with Gasteiger partial charge in [-0.05, 0) is 74.4 Å². The monoisotopic (exact) mass is 424 g/mol. The molecule has 32 heavy (non-hydrogen) atoms. The largest absolute Gasteiger partial charge is 0.416 e. The van der Waals surface area contributed by atoms with E-state index in [1.807, 2.05) is 49.4 Å². The normalized spacial score (nSPS) is 12.6. The third-order valence-electron chi connectivity index (χ3n) is 5.80. The van der Waals surface area contributed by atoms with Gasteiger partial charge in [-0.25, -0.2) is 0 Å². The van der Waals surface area contributed by atoms with Crippen molar-refractivity contribution in [3.05, 3.63) is 83.4 Å². The summed E-state index contributed by atoms with van der Waals surface area (Å²) in [6.07, 6.45) is 1.06. The second kappa shape index (κ2) is 8.30. The molecule has 3 aromatic carbocycles. The highest BCUT2D eigenvalue weighted by Crippen LogP contribution is 2.31. The van der Waals surface area contributed by atoms with Gasteiger partial charge in [-0.1, -0.05) is 23.8 Å². The summed E-state index contributed by atoms with van der Waals surface area (Å²) in [4.78, 5) is 15.1. The van der Waals surface area contributed by atoms with Crippen LogP contribution in [0.4, 0.5) is 11.4 Å². The second-order valence-electron chi connectivity index (χ2n) is 7.99. The van der Waals surface area contributed by atoms with Crippen molar-refractivity contribution in [3.8, 4) is 22.9 Å². The van der Waals surface area contributed by atoms with Crippen LogP contribution < -0.4 is 10.2 Å². The van der Waals surface area contributed by atoms with Crippen LogP contribution in [-0.2, 0) is 6.42 Å². The van der Waals surface area contributed by atoms with Crippen molar-refractivity contribution in [2.45, 2.75) is 20.3 Å². The topological polar surface area (TPSA) is 71.3 Å². The summed E-state index contributed by atoms with van der Waals surface area (Å²) in [5.41, 5.74) is 6.70. The van der Waals surface area contributed by atoms with E-state index in [1.165, 1.54) is 11.3 Å². The van der Waals surface area contributed by atoms with Crippen LogP contribution in [0, 0.1) is 6.92 Å². The van der Waals surface area contributed by atoms with E-state index in [0.717, 1.165) is 41.9 Å². The molecule has 1 aliphatic rings. The number of rotatable bonds is 5. The molecule has 6 heteroatoms. The number of amides is 1. The molecule has 0 saturated heterocycles. The highest BCUT2D eigenvalue weighted by molar-refractivity contribution is 6.04. The molecule has 0 saturated carbocycles. The van der Waals surface area contributed by atoms with Crippen molar-refractivity contribution < 1.29 is 9.21 Å². The molecule has 5 rings (SSSR count). The van der Waals surface area contributed by atoms with Gasteiger partial charge in [-0.3, -0.25) is 4.79 Å². The minimum Gasteiger partial charge on any atom is -0.416 e. The number of benzene rings is 3. The number of carbonyl (C=O) groups is 1. The molecule has 0 spiro atoms. The Bertz CT molecular complexity index is 1280. The fourth-order valence-electron chi connectivity index (χ4n) is 4.05. The quantitative estimate of drug-likeness (QED) is 0.468. The van der Waals surface area contributed by atoms with Gasteiger partial charge in [0.2, 0.25) is 11.8 Å². The maximum Gasteiger partial charge on any atom is 0.255 e. The summed E-state index contributed by atoms with van der Waals surface area (Å²) in [6.45, 7) is 6.17. The SMILES string of the molecule is CCN1CCc2ccc(NC(=O)c3ccc(-c4nnc(-c5cccc(C)c5)o4)cc3)cc21. The van der Waals surface area contributed by atoms with Crippen LogP contribution in [0.25, 0.3) is 22.9 Å². The number of aromatic nitrogens is 2. The lowest BCUT2D eigenvalue weighted by Gasteiger charge is -2.17. The first kappa shape index (κ1) is 20.0. The number of carbonyl (C=O) groups excluding carboxylic acids is 1. The molecule has 160 valence electrons. The third-order valence-corrected chi connectivity index (χ3v) is 5.80. The molecule has 1 N–H and O–H groups in total. The fourth-order valence-corrected chi connectivity index (χ4v) is 4.05. The first-order valence-corrected chi connectivity index (χ1v) is 10.8. The Hall–Kier alpha value is -3.93. The molecule has 0 bridgehead atoms. The molecule has 1 amide bonds. The number of hydrogen-bond acceptors (Lipinski definition) is 5. The number of aryl methyl sites for hydroxylation is 1. The highest BCUT2D eigenvalue weighted by atomic mass is 16.4. The van der Waals surface area contributed by atoms with Gasteiger partial charge in [0.25, 0.3) is 5.91 Å². The number of nitrogens with one attached hydrogen (secondary N) is 1. The van der Waals surface area contributed by atoms with Gasteiger partial charge in [0, 0.05) is 41.2 Å².